The predicted octanol–water partition coefficient (Wildman–Crippen LogP) is 12.7. The molecule has 6 aromatic carbocycles. The molecule has 6 aromatic rings. The maximum atomic E-state index is 15.8. The molecule has 0 atom stereocenters. The molecule has 1 aliphatic rings. The van der Waals surface area contributed by atoms with E-state index >= 15 is 17.6 Å². The average Bonchev–Trinajstić information content (AvgIpc) is 3.39. The zero-order chi connectivity index (χ0) is 57.0. The number of benzene rings is 6. The van der Waals surface area contributed by atoms with Crippen molar-refractivity contribution in [2.75, 3.05) is 19.0 Å². The molecule has 0 fully saturated rings. The van der Waals surface area contributed by atoms with Crippen LogP contribution in [0, 0.1) is 23.3 Å². The lowest BCUT2D eigenvalue weighted by atomic mass is 9.85. The highest BCUT2D eigenvalue weighted by Gasteiger charge is 2.38. The first-order valence-electron chi connectivity index (χ1n) is 25.6. The Bertz CT molecular complexity index is 3610. The van der Waals surface area contributed by atoms with E-state index in [1.165, 1.54) is 39.9 Å². The lowest BCUT2D eigenvalue weighted by molar-refractivity contribution is -0.145. The largest absolute Gasteiger partial charge is 0.465 e. The van der Waals surface area contributed by atoms with Gasteiger partial charge in [0.2, 0.25) is 0 Å². The number of carbonyl (C=O) groups is 2. The van der Waals surface area contributed by atoms with Crippen LogP contribution in [0.15, 0.2) is 124 Å². The van der Waals surface area contributed by atoms with E-state index in [-0.39, 0.29) is 66.0 Å². The highest BCUT2D eigenvalue weighted by Crippen LogP contribution is 2.41. The van der Waals surface area contributed by atoms with Crippen LogP contribution in [0.1, 0.15) is 149 Å². The number of carbonyl (C=O) groups excluding carboxylic acids is 2. The smallest absolute Gasteiger partial charge is 0.333 e. The van der Waals surface area contributed by atoms with Crippen molar-refractivity contribution in [1.82, 2.24) is 4.13 Å². The Morgan fingerprint density at radius 3 is 1.85 bits per heavy atom. The number of rotatable bonds is 21. The molecule has 0 saturated heterocycles. The molecule has 0 aliphatic carbocycles. The molecule has 0 spiro atoms. The summed E-state index contributed by atoms with van der Waals surface area (Å²) in [5.74, 6) is -9.24. The highest BCUT2D eigenvalue weighted by atomic mass is 32.3. The summed E-state index contributed by atoms with van der Waals surface area (Å²) >= 11 is 0.189. The molecule has 1 heterocycles. The second-order valence-corrected chi connectivity index (χ2v) is 25.0. The Balaban J connectivity index is 1.28. The SMILES string of the molecule is C=C(C)C(=O)OCCCC(=O)OCCSc1c(F)c(F)c(S(=O)(=O)NS(=O)(=O)c2ccccc2C2=c3cc/c(=C\c4c(C(C)C)cccc4C(C)C)cc3Oc3cc(Cc4c(C(C)C)cccc4C(C)C)ccc32)c(F)c1F. The fourth-order valence-corrected chi connectivity index (χ4v) is 13.5. The van der Waals surface area contributed by atoms with Gasteiger partial charge in [0, 0.05) is 39.7 Å². The van der Waals surface area contributed by atoms with Crippen LogP contribution in [-0.2, 0) is 45.5 Å². The van der Waals surface area contributed by atoms with Crippen molar-refractivity contribution in [2.24, 2.45) is 0 Å². The molecule has 1 N–H and O–H groups in total. The van der Waals surface area contributed by atoms with Gasteiger partial charge >= 0.3 is 11.9 Å². The van der Waals surface area contributed by atoms with E-state index in [0.717, 1.165) is 33.5 Å². The topological polar surface area (TPSA) is 142 Å². The summed E-state index contributed by atoms with van der Waals surface area (Å²) in [7, 11) is -11.3. The van der Waals surface area contributed by atoms with Crippen LogP contribution in [0.5, 0.6) is 11.5 Å². The van der Waals surface area contributed by atoms with Gasteiger partial charge in [-0.15, -0.1) is 15.9 Å². The van der Waals surface area contributed by atoms with Gasteiger partial charge in [0.05, 0.1) is 16.4 Å². The molecule has 412 valence electrons. The van der Waals surface area contributed by atoms with E-state index in [9.17, 15) is 26.4 Å². The van der Waals surface area contributed by atoms with E-state index in [2.05, 4.69) is 98.4 Å². The van der Waals surface area contributed by atoms with E-state index in [1.807, 2.05) is 36.4 Å². The van der Waals surface area contributed by atoms with Crippen molar-refractivity contribution in [3.05, 3.63) is 193 Å². The van der Waals surface area contributed by atoms with Crippen LogP contribution < -0.4 is 19.3 Å². The summed E-state index contributed by atoms with van der Waals surface area (Å²) < 4.78 is 138. The van der Waals surface area contributed by atoms with Crippen molar-refractivity contribution >= 4 is 55.4 Å². The fourth-order valence-electron chi connectivity index (χ4n) is 9.46. The van der Waals surface area contributed by atoms with Gasteiger partial charge in [-0.3, -0.25) is 4.79 Å². The number of fused-ring (bicyclic) bond motifs is 2. The van der Waals surface area contributed by atoms with Crippen LogP contribution in [-0.4, -0.2) is 47.7 Å². The molecule has 1 aliphatic heterocycles. The molecule has 0 aromatic heterocycles. The quantitative estimate of drug-likeness (QED) is 0.0185. The number of hydrogen-bond donors (Lipinski definition) is 1. The summed E-state index contributed by atoms with van der Waals surface area (Å²) in [5.41, 5.74) is 8.77. The minimum Gasteiger partial charge on any atom is -0.465 e. The number of thioether (sulfide) groups is 1. The first kappa shape index (κ1) is 59.1. The molecule has 0 radical (unpaired) electrons. The summed E-state index contributed by atoms with van der Waals surface area (Å²) in [6, 6.07) is 29.2. The van der Waals surface area contributed by atoms with Crippen LogP contribution in [0.25, 0.3) is 11.6 Å². The normalized spacial score (nSPS) is 12.8. The molecular formula is C61H63F4NO9S3. The Hall–Kier alpha value is -6.53. The Kier molecular flexibility index (Phi) is 18.7. The number of ether oxygens (including phenoxy) is 3. The second kappa shape index (κ2) is 24.6. The number of nitrogens with one attached hydrogen (secondary N) is 1. The molecule has 0 bridgehead atoms. The van der Waals surface area contributed by atoms with Crippen molar-refractivity contribution in [3.63, 3.8) is 0 Å². The van der Waals surface area contributed by atoms with Gasteiger partial charge < -0.3 is 14.2 Å². The zero-order valence-corrected chi connectivity index (χ0v) is 47.4. The first-order chi connectivity index (χ1) is 36.8. The third-order valence-corrected chi connectivity index (χ3v) is 17.8. The lowest BCUT2D eigenvalue weighted by Crippen LogP contribution is -2.33. The first-order valence-corrected chi connectivity index (χ1v) is 29.5. The molecule has 17 heteroatoms. The van der Waals surface area contributed by atoms with Gasteiger partial charge in [0.1, 0.15) is 18.1 Å². The molecule has 78 heavy (non-hydrogen) atoms. The molecule has 0 saturated carbocycles. The Labute approximate surface area is 458 Å². The standard InChI is InChI=1S/C61H63F4NO9S3/c1-34(2)41-17-13-18-42(35(3)4)48(41)30-39-23-25-45-50(32-39)75-51-33-40(31-49-43(36(5)6)19-14-20-44(49)37(7)8)24-26-46(51)54(45)47-16-11-12-21-52(47)77(69,70)66-78(71,72)60-57(64)55(62)59(56(63)58(60)65)76-29-28-73-53(67)22-15-27-74-61(68)38(9)10/h11-14,16-21,23-26,30,32-37,66H,9,15,22,27-29,31H2,1-8,10H3/b39-30+. The van der Waals surface area contributed by atoms with Crippen molar-refractivity contribution in [1.29, 1.82) is 0 Å². The van der Waals surface area contributed by atoms with Gasteiger partial charge in [-0.1, -0.05) is 135 Å². The summed E-state index contributed by atoms with van der Waals surface area (Å²) in [5, 5.41) is 1.23. The van der Waals surface area contributed by atoms with Crippen LogP contribution in [0.4, 0.5) is 17.6 Å². The van der Waals surface area contributed by atoms with Crippen LogP contribution in [0.3, 0.4) is 0 Å². The lowest BCUT2D eigenvalue weighted by Gasteiger charge is -2.24. The van der Waals surface area contributed by atoms with Crippen LogP contribution in [0.2, 0.25) is 0 Å². The van der Waals surface area contributed by atoms with Gasteiger partial charge in [-0.2, -0.15) is 0 Å². The Morgan fingerprint density at radius 2 is 1.26 bits per heavy atom. The maximum Gasteiger partial charge on any atom is 0.333 e. The summed E-state index contributed by atoms with van der Waals surface area (Å²) in [4.78, 5) is 19.5. The minimum absolute atomic E-state index is 0.0214. The van der Waals surface area contributed by atoms with Gasteiger partial charge in [0.15, 0.2) is 28.2 Å². The van der Waals surface area contributed by atoms with E-state index in [4.69, 9.17) is 14.2 Å². The third-order valence-electron chi connectivity index (χ3n) is 13.2. The number of halogens is 4. The molecule has 10 nitrogen and oxygen atoms in total. The molecule has 7 rings (SSSR count). The van der Waals surface area contributed by atoms with Gasteiger partial charge in [-0.05, 0) is 118 Å². The third kappa shape index (κ3) is 13.0. The van der Waals surface area contributed by atoms with Crippen molar-refractivity contribution in [3.8, 4) is 11.5 Å². The van der Waals surface area contributed by atoms with Gasteiger partial charge in [0.25, 0.3) is 20.0 Å². The number of esters is 2. The summed E-state index contributed by atoms with van der Waals surface area (Å²) in [6.45, 7) is 21.4. The number of sulfonamides is 2. The maximum absolute atomic E-state index is 15.8. The highest BCUT2D eigenvalue weighted by molar-refractivity contribution is 8.04. The van der Waals surface area contributed by atoms with E-state index < -0.39 is 82.3 Å². The monoisotopic (exact) mass is 1130 g/mol. The van der Waals surface area contributed by atoms with Crippen molar-refractivity contribution < 1.29 is 58.2 Å². The average molecular weight is 1130 g/mol. The second-order valence-electron chi connectivity index (χ2n) is 20.4. The van der Waals surface area contributed by atoms with Crippen molar-refractivity contribution in [2.45, 2.75) is 120 Å². The Morgan fingerprint density at radius 1 is 0.667 bits per heavy atom. The van der Waals surface area contributed by atoms with Gasteiger partial charge in [-0.25, -0.2) is 39.2 Å². The van der Waals surface area contributed by atoms with E-state index in [1.54, 1.807) is 12.1 Å². The molecular weight excluding hydrogens is 1060 g/mol. The predicted molar refractivity (Wildman–Crippen MR) is 296 cm³/mol. The summed E-state index contributed by atoms with van der Waals surface area (Å²) in [6.07, 6.45) is 2.54. The van der Waals surface area contributed by atoms with E-state index in [0.29, 0.717) is 34.3 Å². The van der Waals surface area contributed by atoms with Crippen LogP contribution >= 0.6 is 11.8 Å². The molecule has 0 amide bonds. The number of hydrogen-bond acceptors (Lipinski definition) is 10. The zero-order valence-electron chi connectivity index (χ0n) is 45.0. The fraction of sp³-hybridized carbons (Fsp3) is 0.311. The minimum atomic E-state index is -5.95. The molecule has 0 unspecified atom stereocenters.